The second kappa shape index (κ2) is 10.1. The summed E-state index contributed by atoms with van der Waals surface area (Å²) in [5.41, 5.74) is 0.0993. The second-order valence-corrected chi connectivity index (χ2v) is 11.6. The molecule has 0 aromatic heterocycles. The molecule has 28 heavy (non-hydrogen) atoms. The Labute approximate surface area is 175 Å². The Bertz CT molecular complexity index is 459. The van der Waals surface area contributed by atoms with Gasteiger partial charge in [0.1, 0.15) is 6.54 Å². The third-order valence-electron chi connectivity index (χ3n) is 8.32. The Morgan fingerprint density at radius 3 is 1.64 bits per heavy atom. The number of hydrogen-bond donors (Lipinski definition) is 0. The number of rotatable bonds is 14. The van der Waals surface area contributed by atoms with Crippen LogP contribution in [-0.2, 0) is 4.79 Å². The van der Waals surface area contributed by atoms with Gasteiger partial charge < -0.3 is 4.48 Å². The molecule has 4 rings (SSSR count). The summed E-state index contributed by atoms with van der Waals surface area (Å²) in [5, 5.41) is 0. The fourth-order valence-corrected chi connectivity index (χ4v) is 7.11. The van der Waals surface area contributed by atoms with E-state index in [9.17, 15) is 4.79 Å². The minimum Gasteiger partial charge on any atom is -0.322 e. The number of hydrogen-bond acceptors (Lipinski definition) is 1. The predicted octanol–water partition coefficient (Wildman–Crippen LogP) is 6.77. The number of carbonyl (C=O) groups excluding carboxylic acids is 1. The maximum atomic E-state index is 13.4. The minimum absolute atomic E-state index is 0.0993. The smallest absolute Gasteiger partial charge is 0.192 e. The number of quaternary nitrogens is 1. The van der Waals surface area contributed by atoms with Gasteiger partial charge in [-0.1, -0.05) is 58.3 Å². The number of ketones is 1. The van der Waals surface area contributed by atoms with E-state index in [1.165, 1.54) is 109 Å². The molecule has 0 heterocycles. The standard InChI is InChI=1S/C26H48NO/c1-4-5-6-7-8-9-10-11-12-13-14-27(2,3)21-25(28)26-18-22-15-23(19-26)17-24(16-22)20-26/h22-24H,4-21H2,1-3H3/q+1. The molecule has 4 aliphatic carbocycles. The molecule has 0 aliphatic heterocycles. The maximum Gasteiger partial charge on any atom is 0.192 e. The summed E-state index contributed by atoms with van der Waals surface area (Å²) >= 11 is 0. The molecule has 4 aliphatic rings. The van der Waals surface area contributed by atoms with Gasteiger partial charge >= 0.3 is 0 Å². The number of nitrogens with zero attached hydrogens (tertiary/aromatic N) is 1. The monoisotopic (exact) mass is 390 g/mol. The first-order valence-corrected chi connectivity index (χ1v) is 12.8. The lowest BCUT2D eigenvalue weighted by molar-refractivity contribution is -0.882. The van der Waals surface area contributed by atoms with Gasteiger partial charge in [0.05, 0.1) is 20.6 Å². The first-order chi connectivity index (χ1) is 13.4. The van der Waals surface area contributed by atoms with Crippen LogP contribution in [0.1, 0.15) is 110 Å². The number of Topliss-reactive ketones (excluding diaryl/α,β-unsaturated/α-hetero) is 1. The van der Waals surface area contributed by atoms with Gasteiger partial charge in [-0.3, -0.25) is 4.79 Å². The summed E-state index contributed by atoms with van der Waals surface area (Å²) < 4.78 is 0.914. The Hall–Kier alpha value is -0.370. The van der Waals surface area contributed by atoms with Crippen molar-refractivity contribution in [2.45, 2.75) is 110 Å². The van der Waals surface area contributed by atoms with Crippen LogP contribution in [-0.4, -0.2) is 37.5 Å². The molecule has 2 heteroatoms. The highest BCUT2D eigenvalue weighted by Gasteiger charge is 2.55. The lowest BCUT2D eigenvalue weighted by Gasteiger charge is -2.56. The van der Waals surface area contributed by atoms with E-state index in [4.69, 9.17) is 0 Å². The van der Waals surface area contributed by atoms with Gasteiger partial charge in [-0.25, -0.2) is 0 Å². The van der Waals surface area contributed by atoms with Crippen molar-refractivity contribution in [3.8, 4) is 0 Å². The van der Waals surface area contributed by atoms with Crippen LogP contribution < -0.4 is 0 Å². The molecule has 4 saturated carbocycles. The predicted molar refractivity (Wildman–Crippen MR) is 119 cm³/mol. The SMILES string of the molecule is CCCCCCCCCCCC[N+](C)(C)CC(=O)C12CC3CC(CC(C3)C1)C2. The molecule has 4 fully saturated rings. The topological polar surface area (TPSA) is 17.1 Å². The molecule has 2 nitrogen and oxygen atoms in total. The van der Waals surface area contributed by atoms with Crippen molar-refractivity contribution in [1.82, 2.24) is 0 Å². The van der Waals surface area contributed by atoms with Gasteiger partial charge in [-0.05, 0) is 69.1 Å². The van der Waals surface area contributed by atoms with Crippen molar-refractivity contribution in [2.75, 3.05) is 27.2 Å². The van der Waals surface area contributed by atoms with E-state index in [0.29, 0.717) is 5.78 Å². The van der Waals surface area contributed by atoms with Crippen molar-refractivity contribution >= 4 is 5.78 Å². The summed E-state index contributed by atoms with van der Waals surface area (Å²) in [7, 11) is 4.60. The first kappa shape index (κ1) is 22.3. The van der Waals surface area contributed by atoms with Crippen LogP contribution in [0.4, 0.5) is 0 Å². The highest BCUT2D eigenvalue weighted by Crippen LogP contribution is 2.60. The molecule has 0 aromatic rings. The molecule has 0 unspecified atom stereocenters. The lowest BCUT2D eigenvalue weighted by Crippen LogP contribution is -2.55. The summed E-state index contributed by atoms with van der Waals surface area (Å²) in [6.45, 7) is 4.24. The largest absolute Gasteiger partial charge is 0.322 e. The zero-order valence-electron chi connectivity index (χ0n) is 19.3. The average Bonchev–Trinajstić information content (AvgIpc) is 2.62. The molecular formula is C26H48NO+. The van der Waals surface area contributed by atoms with E-state index < -0.39 is 0 Å². The summed E-state index contributed by atoms with van der Waals surface area (Å²) in [6, 6.07) is 0. The van der Waals surface area contributed by atoms with E-state index in [1.807, 2.05) is 0 Å². The molecule has 0 N–H and O–H groups in total. The van der Waals surface area contributed by atoms with Crippen LogP contribution in [0.3, 0.4) is 0 Å². The zero-order chi connectivity index (χ0) is 20.0. The van der Waals surface area contributed by atoms with Crippen LogP contribution in [0.25, 0.3) is 0 Å². The fourth-order valence-electron chi connectivity index (χ4n) is 7.11. The molecular weight excluding hydrogens is 342 g/mol. The first-order valence-electron chi connectivity index (χ1n) is 12.8. The van der Waals surface area contributed by atoms with Crippen molar-refractivity contribution in [3.63, 3.8) is 0 Å². The zero-order valence-corrected chi connectivity index (χ0v) is 19.3. The molecule has 4 bridgehead atoms. The molecule has 0 amide bonds. The number of likely N-dealkylation sites (N-methyl/N-ethyl adjacent to an activating group) is 1. The Balaban J connectivity index is 1.30. The number of carbonyl (C=O) groups is 1. The second-order valence-electron chi connectivity index (χ2n) is 11.6. The van der Waals surface area contributed by atoms with Gasteiger partial charge in [-0.2, -0.15) is 0 Å². The highest BCUT2D eigenvalue weighted by atomic mass is 16.1. The molecule has 0 saturated heterocycles. The van der Waals surface area contributed by atoms with E-state index in [-0.39, 0.29) is 5.41 Å². The van der Waals surface area contributed by atoms with Gasteiger partial charge in [0.25, 0.3) is 0 Å². The minimum atomic E-state index is 0.0993. The molecule has 0 atom stereocenters. The van der Waals surface area contributed by atoms with Crippen molar-refractivity contribution < 1.29 is 9.28 Å². The third kappa shape index (κ3) is 6.07. The van der Waals surface area contributed by atoms with Crippen LogP contribution >= 0.6 is 0 Å². The van der Waals surface area contributed by atoms with Gasteiger partial charge in [0, 0.05) is 5.41 Å². The van der Waals surface area contributed by atoms with Gasteiger partial charge in [-0.15, -0.1) is 0 Å². The Morgan fingerprint density at radius 1 is 0.750 bits per heavy atom. The fraction of sp³-hybridized carbons (Fsp3) is 0.962. The van der Waals surface area contributed by atoms with E-state index >= 15 is 0 Å². The molecule has 162 valence electrons. The summed E-state index contributed by atoms with van der Waals surface area (Å²) in [6.07, 6.45) is 21.9. The Morgan fingerprint density at radius 2 is 1.18 bits per heavy atom. The quantitative estimate of drug-likeness (QED) is 0.236. The van der Waals surface area contributed by atoms with Gasteiger partial charge in [0.15, 0.2) is 5.78 Å². The normalized spacial score (nSPS) is 31.5. The van der Waals surface area contributed by atoms with Crippen molar-refractivity contribution in [2.24, 2.45) is 23.2 Å². The average molecular weight is 391 g/mol. The van der Waals surface area contributed by atoms with E-state index in [1.54, 1.807) is 0 Å². The van der Waals surface area contributed by atoms with Crippen LogP contribution in [0.5, 0.6) is 0 Å². The van der Waals surface area contributed by atoms with Crippen molar-refractivity contribution in [1.29, 1.82) is 0 Å². The summed E-state index contributed by atoms with van der Waals surface area (Å²) in [4.78, 5) is 13.4. The van der Waals surface area contributed by atoms with E-state index in [0.717, 1.165) is 28.8 Å². The van der Waals surface area contributed by atoms with E-state index in [2.05, 4.69) is 21.0 Å². The third-order valence-corrected chi connectivity index (χ3v) is 8.32. The molecule has 0 radical (unpaired) electrons. The molecule has 0 spiro atoms. The van der Waals surface area contributed by atoms with Crippen LogP contribution in [0.15, 0.2) is 0 Å². The number of unbranched alkanes of at least 4 members (excludes halogenated alkanes) is 9. The maximum absolute atomic E-state index is 13.4. The van der Waals surface area contributed by atoms with Crippen LogP contribution in [0.2, 0.25) is 0 Å². The Kier molecular flexibility index (Phi) is 8.05. The summed E-state index contributed by atoms with van der Waals surface area (Å²) in [5.74, 6) is 3.28. The highest BCUT2D eigenvalue weighted by molar-refractivity contribution is 5.86. The molecule has 0 aromatic carbocycles. The lowest BCUT2D eigenvalue weighted by atomic mass is 9.48. The van der Waals surface area contributed by atoms with Crippen molar-refractivity contribution in [3.05, 3.63) is 0 Å². The van der Waals surface area contributed by atoms with Gasteiger partial charge in [0.2, 0.25) is 0 Å². The van der Waals surface area contributed by atoms with Crippen LogP contribution in [0, 0.1) is 23.2 Å².